The third kappa shape index (κ3) is 3.75. The number of aromatic nitrogens is 2. The summed E-state index contributed by atoms with van der Waals surface area (Å²) in [6.07, 6.45) is 0.591. The summed E-state index contributed by atoms with van der Waals surface area (Å²) in [5.74, 6) is 0.394. The van der Waals surface area contributed by atoms with Crippen molar-refractivity contribution in [1.29, 1.82) is 0 Å². The number of fused-ring (bicyclic) bond motifs is 2. The fourth-order valence-electron chi connectivity index (χ4n) is 4.23. The molecule has 0 unspecified atom stereocenters. The number of imidazole rings is 1. The van der Waals surface area contributed by atoms with Crippen LogP contribution in [-0.4, -0.2) is 32.7 Å². The third-order valence-corrected chi connectivity index (χ3v) is 6.03. The van der Waals surface area contributed by atoms with Crippen LogP contribution in [0.15, 0.2) is 78.9 Å². The fraction of sp³-hybridized carbons (Fsp3) is 0.192. The van der Waals surface area contributed by atoms with Crippen molar-refractivity contribution in [3.63, 3.8) is 0 Å². The summed E-state index contributed by atoms with van der Waals surface area (Å²) in [6.45, 7) is 2.22. The lowest BCUT2D eigenvalue weighted by molar-refractivity contribution is -0.126. The number of H-pyrrole nitrogens is 1. The number of amides is 2. The van der Waals surface area contributed by atoms with E-state index in [0.717, 1.165) is 22.2 Å². The zero-order chi connectivity index (χ0) is 22.1. The van der Waals surface area contributed by atoms with E-state index in [2.05, 4.69) is 10.3 Å². The zero-order valence-electron chi connectivity index (χ0n) is 17.8. The molecule has 2 N–H and O–H groups in total. The molecule has 2 atom stereocenters. The Morgan fingerprint density at radius 3 is 2.53 bits per heavy atom. The average Bonchev–Trinajstić information content (AvgIpc) is 3.40. The van der Waals surface area contributed by atoms with Gasteiger partial charge >= 0.3 is 0 Å². The average molecular weight is 425 g/mol. The fourth-order valence-corrected chi connectivity index (χ4v) is 4.23. The van der Waals surface area contributed by atoms with Crippen LogP contribution in [0.5, 0.6) is 0 Å². The van der Waals surface area contributed by atoms with Crippen LogP contribution in [0, 0.1) is 0 Å². The van der Waals surface area contributed by atoms with Crippen LogP contribution < -0.4 is 5.32 Å². The molecule has 2 heterocycles. The Hall–Kier alpha value is -3.93. The summed E-state index contributed by atoms with van der Waals surface area (Å²) in [5.41, 5.74) is 4.50. The molecule has 0 saturated carbocycles. The molecule has 1 aliphatic heterocycles. The van der Waals surface area contributed by atoms with Crippen molar-refractivity contribution in [2.45, 2.75) is 32.0 Å². The summed E-state index contributed by atoms with van der Waals surface area (Å²) in [7, 11) is 0. The maximum atomic E-state index is 13.3. The summed E-state index contributed by atoms with van der Waals surface area (Å²) < 4.78 is 0. The molecule has 0 aliphatic carbocycles. The number of nitrogens with one attached hydrogen (secondary N) is 2. The number of nitrogens with zero attached hydrogens (tertiary/aromatic N) is 2. The van der Waals surface area contributed by atoms with Gasteiger partial charge in [0.05, 0.1) is 17.1 Å². The van der Waals surface area contributed by atoms with E-state index in [1.807, 2.05) is 78.9 Å². The third-order valence-electron chi connectivity index (χ3n) is 6.03. The largest absolute Gasteiger partial charge is 0.344 e. The Kier molecular flexibility index (Phi) is 5.19. The molecule has 4 aromatic rings. The first kappa shape index (κ1) is 20.0. The summed E-state index contributed by atoms with van der Waals surface area (Å²) in [4.78, 5) is 35.8. The van der Waals surface area contributed by atoms with E-state index >= 15 is 0 Å². The quantitative estimate of drug-likeness (QED) is 0.491. The van der Waals surface area contributed by atoms with Gasteiger partial charge in [0.2, 0.25) is 5.91 Å². The van der Waals surface area contributed by atoms with E-state index in [-0.39, 0.29) is 17.9 Å². The number of aromatic amines is 1. The second-order valence-corrected chi connectivity index (χ2v) is 8.16. The van der Waals surface area contributed by atoms with Gasteiger partial charge in [-0.2, -0.15) is 0 Å². The van der Waals surface area contributed by atoms with Crippen LogP contribution in [0.4, 0.5) is 0 Å². The van der Waals surface area contributed by atoms with E-state index in [4.69, 9.17) is 4.98 Å². The molecule has 32 heavy (non-hydrogen) atoms. The molecule has 6 heteroatoms. The van der Waals surface area contributed by atoms with Gasteiger partial charge in [-0.1, -0.05) is 60.7 Å². The summed E-state index contributed by atoms with van der Waals surface area (Å²) >= 11 is 0. The Balaban J connectivity index is 1.39. The van der Waals surface area contributed by atoms with Gasteiger partial charge < -0.3 is 15.2 Å². The highest BCUT2D eigenvalue weighted by atomic mass is 16.2. The van der Waals surface area contributed by atoms with E-state index in [1.165, 1.54) is 0 Å². The number of hydrogen-bond acceptors (Lipinski definition) is 3. The minimum absolute atomic E-state index is 0.105. The summed E-state index contributed by atoms with van der Waals surface area (Å²) in [5, 5.41) is 3.14. The molecule has 0 spiro atoms. The highest BCUT2D eigenvalue weighted by Crippen LogP contribution is 2.25. The van der Waals surface area contributed by atoms with Gasteiger partial charge in [0.25, 0.3) is 5.91 Å². The highest BCUT2D eigenvalue weighted by molar-refractivity contribution is 6.01. The molecule has 6 nitrogen and oxygen atoms in total. The van der Waals surface area contributed by atoms with Crippen molar-refractivity contribution in [1.82, 2.24) is 20.2 Å². The molecule has 0 saturated heterocycles. The van der Waals surface area contributed by atoms with Gasteiger partial charge in [-0.05, 0) is 42.7 Å². The maximum Gasteiger partial charge on any atom is 0.255 e. The molecule has 3 aromatic carbocycles. The molecule has 160 valence electrons. The van der Waals surface area contributed by atoms with E-state index < -0.39 is 6.04 Å². The first-order chi connectivity index (χ1) is 15.6. The number of para-hydroxylation sites is 2. The molecule has 1 aromatic heterocycles. The van der Waals surface area contributed by atoms with Crippen LogP contribution >= 0.6 is 0 Å². The number of benzene rings is 3. The van der Waals surface area contributed by atoms with Gasteiger partial charge in [0.15, 0.2) is 0 Å². The Morgan fingerprint density at radius 1 is 1.03 bits per heavy atom. The van der Waals surface area contributed by atoms with E-state index in [9.17, 15) is 9.59 Å². The van der Waals surface area contributed by atoms with Crippen LogP contribution in [0.3, 0.4) is 0 Å². The minimum atomic E-state index is -0.599. The lowest BCUT2D eigenvalue weighted by atomic mass is 10.0. The standard InChI is InChI=1S/C26H24N4O2/c1-17(30-16-19-11-5-6-12-20(19)26(30)32)25(31)29-23(15-18-9-3-2-4-10-18)24-27-21-13-7-8-14-22(21)28-24/h2-14,17,23H,15-16H2,1H3,(H,27,28)(H,29,31)/t17-,23-/m0/s1. The second kappa shape index (κ2) is 8.30. The lowest BCUT2D eigenvalue weighted by Gasteiger charge is -2.26. The van der Waals surface area contributed by atoms with Crippen molar-refractivity contribution in [3.8, 4) is 0 Å². The molecular formula is C26H24N4O2. The Labute approximate surface area is 186 Å². The number of carbonyl (C=O) groups is 2. The molecule has 5 rings (SSSR count). The monoisotopic (exact) mass is 424 g/mol. The van der Waals surface area contributed by atoms with Crippen molar-refractivity contribution in [2.24, 2.45) is 0 Å². The molecule has 0 bridgehead atoms. The van der Waals surface area contributed by atoms with Crippen molar-refractivity contribution >= 4 is 22.8 Å². The lowest BCUT2D eigenvalue weighted by Crippen LogP contribution is -2.46. The number of rotatable bonds is 6. The topological polar surface area (TPSA) is 78.1 Å². The molecule has 0 fully saturated rings. The van der Waals surface area contributed by atoms with Crippen LogP contribution in [0.2, 0.25) is 0 Å². The Morgan fingerprint density at radius 2 is 1.75 bits per heavy atom. The summed E-state index contributed by atoms with van der Waals surface area (Å²) in [6, 6.07) is 24.4. The van der Waals surface area contributed by atoms with E-state index in [1.54, 1.807) is 11.8 Å². The first-order valence-electron chi connectivity index (χ1n) is 10.8. The van der Waals surface area contributed by atoms with Crippen molar-refractivity contribution < 1.29 is 9.59 Å². The normalized spacial score (nSPS) is 14.9. The zero-order valence-corrected chi connectivity index (χ0v) is 17.8. The number of hydrogen-bond donors (Lipinski definition) is 2. The first-order valence-corrected chi connectivity index (χ1v) is 10.8. The second-order valence-electron chi connectivity index (χ2n) is 8.16. The smallest absolute Gasteiger partial charge is 0.255 e. The highest BCUT2D eigenvalue weighted by Gasteiger charge is 2.34. The predicted octanol–water partition coefficient (Wildman–Crippen LogP) is 4.01. The molecular weight excluding hydrogens is 400 g/mol. The van der Waals surface area contributed by atoms with Gasteiger partial charge in [-0.15, -0.1) is 0 Å². The van der Waals surface area contributed by atoms with Crippen LogP contribution in [0.25, 0.3) is 11.0 Å². The van der Waals surface area contributed by atoms with E-state index in [0.29, 0.717) is 24.4 Å². The minimum Gasteiger partial charge on any atom is -0.344 e. The Bertz CT molecular complexity index is 1250. The van der Waals surface area contributed by atoms with Gasteiger partial charge in [-0.25, -0.2) is 4.98 Å². The molecule has 0 radical (unpaired) electrons. The van der Waals surface area contributed by atoms with Crippen molar-refractivity contribution in [2.75, 3.05) is 0 Å². The maximum absolute atomic E-state index is 13.3. The SMILES string of the molecule is C[C@@H](C(=O)N[C@@H](Cc1ccccc1)c1nc2ccccc2[nH]1)N1Cc2ccccc2C1=O. The van der Waals surface area contributed by atoms with Crippen LogP contribution in [-0.2, 0) is 17.8 Å². The van der Waals surface area contributed by atoms with Gasteiger partial charge in [0, 0.05) is 12.1 Å². The predicted molar refractivity (Wildman–Crippen MR) is 123 cm³/mol. The molecule has 1 aliphatic rings. The molecule has 2 amide bonds. The van der Waals surface area contributed by atoms with Gasteiger partial charge in [0.1, 0.15) is 11.9 Å². The van der Waals surface area contributed by atoms with Gasteiger partial charge in [-0.3, -0.25) is 9.59 Å². The number of carbonyl (C=O) groups excluding carboxylic acids is 2. The van der Waals surface area contributed by atoms with Crippen molar-refractivity contribution in [3.05, 3.63) is 101 Å². The van der Waals surface area contributed by atoms with Crippen LogP contribution in [0.1, 0.15) is 40.3 Å².